The number of aryl methyl sites for hydroxylation is 1. The first kappa shape index (κ1) is 16.3. The summed E-state index contributed by atoms with van der Waals surface area (Å²) in [4.78, 5) is 12.0. The normalized spacial score (nSPS) is 16.6. The molecule has 1 atom stereocenters. The Morgan fingerprint density at radius 1 is 1.17 bits per heavy atom. The second-order valence-electron chi connectivity index (χ2n) is 5.49. The Morgan fingerprint density at radius 3 is 2.62 bits per heavy atom. The van der Waals surface area contributed by atoms with Crippen LogP contribution in [0.4, 0.5) is 4.79 Å². The van der Waals surface area contributed by atoms with E-state index in [4.69, 9.17) is 9.47 Å². The van der Waals surface area contributed by atoms with E-state index >= 15 is 0 Å². The Kier molecular flexibility index (Phi) is 4.44. The van der Waals surface area contributed by atoms with Crippen molar-refractivity contribution in [1.82, 2.24) is 4.72 Å². The third-order valence-electron chi connectivity index (χ3n) is 3.70. The molecule has 6 nitrogen and oxygen atoms in total. The van der Waals surface area contributed by atoms with Crippen LogP contribution in [-0.4, -0.2) is 21.1 Å². The lowest BCUT2D eigenvalue weighted by atomic mass is 10.0. The molecule has 2 aromatic rings. The Balaban J connectivity index is 1.71. The van der Waals surface area contributed by atoms with Crippen LogP contribution >= 0.6 is 0 Å². The maximum atomic E-state index is 12.2. The molecule has 0 aromatic heterocycles. The summed E-state index contributed by atoms with van der Waals surface area (Å²) in [5.74, 6) is 0.642. The highest BCUT2D eigenvalue weighted by atomic mass is 32.2. The van der Waals surface area contributed by atoms with Gasteiger partial charge >= 0.3 is 6.09 Å². The monoisotopic (exact) mass is 347 g/mol. The van der Waals surface area contributed by atoms with Crippen molar-refractivity contribution in [3.8, 4) is 5.75 Å². The topological polar surface area (TPSA) is 81.7 Å². The molecule has 0 unspecified atom stereocenters. The predicted molar refractivity (Wildman–Crippen MR) is 87.3 cm³/mol. The summed E-state index contributed by atoms with van der Waals surface area (Å²) in [6.07, 6.45) is -1.07. The average molecular weight is 347 g/mol. The minimum Gasteiger partial charge on any atom is -0.493 e. The van der Waals surface area contributed by atoms with E-state index in [1.54, 1.807) is 24.3 Å². The molecule has 1 N–H and O–H groups in total. The van der Waals surface area contributed by atoms with Crippen LogP contribution in [-0.2, 0) is 14.8 Å². The molecule has 1 amide bonds. The summed E-state index contributed by atoms with van der Waals surface area (Å²) in [5.41, 5.74) is 1.65. The molecular formula is C17H17NO5S. The van der Waals surface area contributed by atoms with Crippen LogP contribution in [0, 0.1) is 6.92 Å². The highest BCUT2D eigenvalue weighted by Gasteiger charge is 2.26. The number of nitrogens with one attached hydrogen (secondary N) is 1. The SMILES string of the molecule is Cc1ccc(S(=O)(=O)NC(=O)O[C@H]2CCOc3ccccc32)cc1. The number of carbonyl (C=O) groups excluding carboxylic acids is 1. The van der Waals surface area contributed by atoms with Gasteiger partial charge in [0.05, 0.1) is 11.5 Å². The number of fused-ring (bicyclic) bond motifs is 1. The van der Waals surface area contributed by atoms with Crippen LogP contribution in [0.25, 0.3) is 0 Å². The average Bonchev–Trinajstić information content (AvgIpc) is 2.55. The van der Waals surface area contributed by atoms with Crippen LogP contribution in [0.15, 0.2) is 53.4 Å². The Hall–Kier alpha value is -2.54. The molecule has 0 aliphatic carbocycles. The van der Waals surface area contributed by atoms with Crippen LogP contribution in [0.5, 0.6) is 5.75 Å². The number of hydrogen-bond donors (Lipinski definition) is 1. The lowest BCUT2D eigenvalue weighted by Gasteiger charge is -2.25. The van der Waals surface area contributed by atoms with E-state index in [2.05, 4.69) is 0 Å². The van der Waals surface area contributed by atoms with Gasteiger partial charge in [-0.3, -0.25) is 0 Å². The van der Waals surface area contributed by atoms with Crippen molar-refractivity contribution < 1.29 is 22.7 Å². The van der Waals surface area contributed by atoms with E-state index in [1.807, 2.05) is 23.8 Å². The number of para-hydroxylation sites is 1. The number of ether oxygens (including phenoxy) is 2. The molecule has 2 aromatic carbocycles. The molecule has 0 radical (unpaired) electrons. The summed E-state index contributed by atoms with van der Waals surface area (Å²) in [6.45, 7) is 2.25. The van der Waals surface area contributed by atoms with Crippen molar-refractivity contribution in [2.45, 2.75) is 24.3 Å². The Labute approximate surface area is 140 Å². The summed E-state index contributed by atoms with van der Waals surface area (Å²) >= 11 is 0. The molecule has 1 heterocycles. The van der Waals surface area contributed by atoms with Gasteiger partial charge in [0.25, 0.3) is 10.0 Å². The molecule has 126 valence electrons. The van der Waals surface area contributed by atoms with E-state index < -0.39 is 22.2 Å². The number of carbonyl (C=O) groups is 1. The maximum absolute atomic E-state index is 12.2. The number of rotatable bonds is 3. The fourth-order valence-electron chi connectivity index (χ4n) is 2.47. The molecule has 24 heavy (non-hydrogen) atoms. The van der Waals surface area contributed by atoms with Crippen LogP contribution in [0.1, 0.15) is 23.7 Å². The van der Waals surface area contributed by atoms with Crippen molar-refractivity contribution in [2.24, 2.45) is 0 Å². The minimum atomic E-state index is -3.96. The molecule has 1 aliphatic heterocycles. The number of benzene rings is 2. The largest absolute Gasteiger partial charge is 0.493 e. The highest BCUT2D eigenvalue weighted by Crippen LogP contribution is 2.34. The van der Waals surface area contributed by atoms with Gasteiger partial charge in [0.2, 0.25) is 0 Å². The van der Waals surface area contributed by atoms with Crippen molar-refractivity contribution in [3.05, 3.63) is 59.7 Å². The summed E-state index contributed by atoms with van der Waals surface area (Å²) in [7, 11) is -3.96. The predicted octanol–water partition coefficient (Wildman–Crippen LogP) is 2.93. The van der Waals surface area contributed by atoms with Crippen molar-refractivity contribution in [1.29, 1.82) is 0 Å². The van der Waals surface area contributed by atoms with E-state index in [0.29, 0.717) is 18.8 Å². The Morgan fingerprint density at radius 2 is 1.88 bits per heavy atom. The summed E-state index contributed by atoms with van der Waals surface area (Å²) in [6, 6.07) is 13.4. The fraction of sp³-hybridized carbons (Fsp3) is 0.235. The van der Waals surface area contributed by atoms with Gasteiger partial charge < -0.3 is 9.47 Å². The van der Waals surface area contributed by atoms with Crippen LogP contribution < -0.4 is 9.46 Å². The highest BCUT2D eigenvalue weighted by molar-refractivity contribution is 7.90. The molecule has 0 spiro atoms. The molecule has 0 saturated carbocycles. The first-order valence-corrected chi connectivity index (χ1v) is 8.96. The van der Waals surface area contributed by atoms with Gasteiger partial charge in [-0.15, -0.1) is 0 Å². The second-order valence-corrected chi connectivity index (χ2v) is 7.17. The molecule has 0 bridgehead atoms. The van der Waals surface area contributed by atoms with Gasteiger partial charge in [-0.2, -0.15) is 0 Å². The van der Waals surface area contributed by atoms with Gasteiger partial charge in [-0.1, -0.05) is 35.9 Å². The third kappa shape index (κ3) is 3.51. The first-order valence-electron chi connectivity index (χ1n) is 7.47. The Bertz CT molecular complexity index is 846. The number of amides is 1. The first-order chi connectivity index (χ1) is 11.5. The van der Waals surface area contributed by atoms with E-state index in [-0.39, 0.29) is 4.90 Å². The second kappa shape index (κ2) is 6.52. The van der Waals surface area contributed by atoms with Gasteiger partial charge in [-0.25, -0.2) is 17.9 Å². The number of hydrogen-bond acceptors (Lipinski definition) is 5. The van der Waals surface area contributed by atoms with Crippen molar-refractivity contribution in [2.75, 3.05) is 6.61 Å². The van der Waals surface area contributed by atoms with Gasteiger partial charge in [0.15, 0.2) is 0 Å². The lowest BCUT2D eigenvalue weighted by molar-refractivity contribution is 0.0737. The zero-order valence-corrected chi connectivity index (χ0v) is 13.9. The smallest absolute Gasteiger partial charge is 0.421 e. The molecule has 0 fully saturated rings. The summed E-state index contributed by atoms with van der Waals surface area (Å²) in [5, 5.41) is 0. The van der Waals surface area contributed by atoms with Crippen LogP contribution in [0.2, 0.25) is 0 Å². The van der Waals surface area contributed by atoms with Crippen molar-refractivity contribution >= 4 is 16.1 Å². The molecule has 3 rings (SSSR count). The lowest BCUT2D eigenvalue weighted by Crippen LogP contribution is -2.33. The molecular weight excluding hydrogens is 330 g/mol. The van der Waals surface area contributed by atoms with E-state index in [0.717, 1.165) is 11.1 Å². The molecule has 7 heteroatoms. The fourth-order valence-corrected chi connectivity index (χ4v) is 3.35. The van der Waals surface area contributed by atoms with E-state index in [1.165, 1.54) is 12.1 Å². The summed E-state index contributed by atoms with van der Waals surface area (Å²) < 4.78 is 37.1. The third-order valence-corrected chi connectivity index (χ3v) is 5.03. The minimum absolute atomic E-state index is 0.0115. The standard InChI is InChI=1S/C17H17NO5S/c1-12-6-8-13(9-7-12)24(20,21)18-17(19)23-16-10-11-22-15-5-3-2-4-14(15)16/h2-9,16H,10-11H2,1H3,(H,18,19)/t16-/m0/s1. The molecule has 1 aliphatic rings. The zero-order valence-electron chi connectivity index (χ0n) is 13.1. The number of sulfonamides is 1. The quantitative estimate of drug-likeness (QED) is 0.923. The van der Waals surface area contributed by atoms with Gasteiger partial charge in [0.1, 0.15) is 11.9 Å². The zero-order chi connectivity index (χ0) is 17.2. The van der Waals surface area contributed by atoms with Crippen molar-refractivity contribution in [3.63, 3.8) is 0 Å². The van der Waals surface area contributed by atoms with Gasteiger partial charge in [0, 0.05) is 12.0 Å². The van der Waals surface area contributed by atoms with Gasteiger partial charge in [-0.05, 0) is 25.1 Å². The van der Waals surface area contributed by atoms with E-state index in [9.17, 15) is 13.2 Å². The van der Waals surface area contributed by atoms with Crippen LogP contribution in [0.3, 0.4) is 0 Å². The maximum Gasteiger partial charge on any atom is 0.421 e. The molecule has 0 saturated heterocycles.